The van der Waals surface area contributed by atoms with Crippen LogP contribution in [0, 0.1) is 0 Å². The van der Waals surface area contributed by atoms with E-state index in [9.17, 15) is 35.9 Å². The fourth-order valence-electron chi connectivity index (χ4n) is 1.93. The van der Waals surface area contributed by atoms with Crippen molar-refractivity contribution in [2.75, 3.05) is 23.4 Å². The van der Waals surface area contributed by atoms with Crippen LogP contribution >= 0.6 is 0 Å². The lowest BCUT2D eigenvalue weighted by Gasteiger charge is -2.31. The minimum Gasteiger partial charge on any atom is -0.489 e. The van der Waals surface area contributed by atoms with E-state index in [1.165, 1.54) is 17.4 Å². The Labute approximate surface area is 124 Å². The number of para-hydroxylation sites is 1. The van der Waals surface area contributed by atoms with Crippen LogP contribution in [-0.4, -0.2) is 37.3 Å². The van der Waals surface area contributed by atoms with E-state index >= 15 is 0 Å². The van der Waals surface area contributed by atoms with Gasteiger partial charge in [-0.15, -0.1) is 0 Å². The highest BCUT2D eigenvalue weighted by Crippen LogP contribution is 2.40. The average Bonchev–Trinajstić information content (AvgIpc) is 2.44. The molecule has 0 saturated heterocycles. The van der Waals surface area contributed by atoms with Crippen LogP contribution in [0.3, 0.4) is 0 Å². The molecule has 11 heteroatoms. The van der Waals surface area contributed by atoms with Gasteiger partial charge in [0.1, 0.15) is 18.0 Å². The molecule has 1 aliphatic heterocycles. The Bertz CT molecular complexity index is 641. The van der Waals surface area contributed by atoms with Gasteiger partial charge in [0.15, 0.2) is 0 Å². The lowest BCUT2D eigenvalue weighted by molar-refractivity contribution is -0.170. The summed E-state index contributed by atoms with van der Waals surface area (Å²) in [7, 11) is 0. The Morgan fingerprint density at radius 2 is 1.74 bits per heavy atom. The number of nitrogens with one attached hydrogen (secondary N) is 1. The Kier molecular flexibility index (Phi) is 4.14. The van der Waals surface area contributed by atoms with Crippen LogP contribution < -0.4 is 15.0 Å². The summed E-state index contributed by atoms with van der Waals surface area (Å²) < 4.78 is 79.8. The van der Waals surface area contributed by atoms with Gasteiger partial charge in [-0.3, -0.25) is 14.5 Å². The molecule has 0 saturated carbocycles. The largest absolute Gasteiger partial charge is 0.489 e. The van der Waals surface area contributed by atoms with Gasteiger partial charge in [-0.25, -0.2) is 0 Å². The molecule has 0 radical (unpaired) electrons. The molecule has 0 aromatic heterocycles. The smallest absolute Gasteiger partial charge is 0.471 e. The van der Waals surface area contributed by atoms with Gasteiger partial charge in [-0.05, 0) is 12.1 Å². The van der Waals surface area contributed by atoms with Crippen LogP contribution in [0.4, 0.5) is 37.7 Å². The molecule has 0 unspecified atom stereocenters. The van der Waals surface area contributed by atoms with E-state index in [-0.39, 0.29) is 17.3 Å². The van der Waals surface area contributed by atoms with Crippen molar-refractivity contribution in [3.63, 3.8) is 0 Å². The second-order valence-corrected chi connectivity index (χ2v) is 4.41. The molecule has 2 rings (SSSR count). The SMILES string of the molecule is O=C(Nc1cccc2c1N(C(=O)C(F)(F)F)CCO2)C(F)(F)F. The number of hydrogen-bond acceptors (Lipinski definition) is 3. The number of carbonyl (C=O) groups excluding carboxylic acids is 2. The zero-order valence-electron chi connectivity index (χ0n) is 11.1. The van der Waals surface area contributed by atoms with E-state index in [1.54, 1.807) is 0 Å². The number of anilines is 2. The summed E-state index contributed by atoms with van der Waals surface area (Å²) in [5, 5.41) is 1.44. The predicted molar refractivity (Wildman–Crippen MR) is 65.0 cm³/mol. The maximum absolute atomic E-state index is 12.6. The molecule has 2 amide bonds. The van der Waals surface area contributed by atoms with E-state index in [0.717, 1.165) is 6.07 Å². The summed E-state index contributed by atoms with van der Waals surface area (Å²) in [5.41, 5.74) is -1.18. The van der Waals surface area contributed by atoms with Crippen molar-refractivity contribution in [1.29, 1.82) is 0 Å². The lowest BCUT2D eigenvalue weighted by Crippen LogP contribution is -2.46. The number of alkyl halides is 6. The molecule has 0 fully saturated rings. The van der Waals surface area contributed by atoms with Gasteiger partial charge in [0.2, 0.25) is 0 Å². The van der Waals surface area contributed by atoms with E-state index in [0.29, 0.717) is 0 Å². The molecule has 1 aliphatic rings. The monoisotopic (exact) mass is 342 g/mol. The van der Waals surface area contributed by atoms with Crippen molar-refractivity contribution in [2.24, 2.45) is 0 Å². The zero-order valence-corrected chi connectivity index (χ0v) is 11.1. The lowest BCUT2D eigenvalue weighted by atomic mass is 10.2. The topological polar surface area (TPSA) is 58.6 Å². The van der Waals surface area contributed by atoms with Crippen molar-refractivity contribution in [3.05, 3.63) is 18.2 Å². The number of fused-ring (bicyclic) bond motifs is 1. The molecule has 0 bridgehead atoms. The van der Waals surface area contributed by atoms with E-state index in [4.69, 9.17) is 4.74 Å². The highest BCUT2D eigenvalue weighted by Gasteiger charge is 2.46. The molecule has 5 nitrogen and oxygen atoms in total. The molecule has 1 N–H and O–H groups in total. The fraction of sp³-hybridized carbons (Fsp3) is 0.333. The number of halogens is 6. The molecule has 1 heterocycles. The first-order chi connectivity index (χ1) is 10.5. The van der Waals surface area contributed by atoms with Gasteiger partial charge in [-0.1, -0.05) is 6.07 Å². The van der Waals surface area contributed by atoms with Crippen LogP contribution in [0.15, 0.2) is 18.2 Å². The Balaban J connectivity index is 2.44. The molecule has 0 atom stereocenters. The quantitative estimate of drug-likeness (QED) is 0.798. The number of amides is 2. The summed E-state index contributed by atoms with van der Waals surface area (Å²) in [4.78, 5) is 22.6. The second kappa shape index (κ2) is 5.63. The van der Waals surface area contributed by atoms with Crippen LogP contribution in [0.2, 0.25) is 0 Å². The first kappa shape index (κ1) is 16.9. The molecule has 1 aromatic carbocycles. The van der Waals surface area contributed by atoms with Crippen molar-refractivity contribution >= 4 is 23.2 Å². The van der Waals surface area contributed by atoms with Crippen LogP contribution in [-0.2, 0) is 9.59 Å². The van der Waals surface area contributed by atoms with E-state index in [2.05, 4.69) is 0 Å². The summed E-state index contributed by atoms with van der Waals surface area (Å²) in [5.74, 6) is -4.89. The van der Waals surface area contributed by atoms with Gasteiger partial charge in [0.25, 0.3) is 0 Å². The fourth-order valence-corrected chi connectivity index (χ4v) is 1.93. The molecular formula is C12H8F6N2O3. The summed E-state index contributed by atoms with van der Waals surface area (Å²) in [6.45, 7) is -0.796. The van der Waals surface area contributed by atoms with Gasteiger partial charge >= 0.3 is 24.2 Å². The number of hydrogen-bond donors (Lipinski definition) is 1. The molecule has 0 aliphatic carbocycles. The highest BCUT2D eigenvalue weighted by molar-refractivity contribution is 6.05. The number of carbonyl (C=O) groups is 2. The molecular weight excluding hydrogens is 334 g/mol. The zero-order chi connectivity index (χ0) is 17.4. The first-order valence-corrected chi connectivity index (χ1v) is 6.04. The van der Waals surface area contributed by atoms with Gasteiger partial charge in [0.05, 0.1) is 12.2 Å². The van der Waals surface area contributed by atoms with Crippen LogP contribution in [0.1, 0.15) is 0 Å². The number of rotatable bonds is 1. The highest BCUT2D eigenvalue weighted by atomic mass is 19.4. The van der Waals surface area contributed by atoms with Crippen LogP contribution in [0.25, 0.3) is 0 Å². The second-order valence-electron chi connectivity index (χ2n) is 4.41. The first-order valence-electron chi connectivity index (χ1n) is 6.04. The summed E-state index contributed by atoms with van der Waals surface area (Å²) >= 11 is 0. The summed E-state index contributed by atoms with van der Waals surface area (Å²) in [6, 6.07) is 3.29. The molecule has 1 aromatic rings. The maximum Gasteiger partial charge on any atom is 0.471 e. The van der Waals surface area contributed by atoms with Crippen molar-refractivity contribution in [3.8, 4) is 5.75 Å². The number of nitrogens with zero attached hydrogens (tertiary/aromatic N) is 1. The third kappa shape index (κ3) is 3.48. The molecule has 126 valence electrons. The molecule has 0 spiro atoms. The third-order valence-electron chi connectivity index (χ3n) is 2.83. The average molecular weight is 342 g/mol. The predicted octanol–water partition coefficient (Wildman–Crippen LogP) is 2.48. The summed E-state index contributed by atoms with van der Waals surface area (Å²) in [6.07, 6.45) is -10.5. The van der Waals surface area contributed by atoms with Gasteiger partial charge in [0, 0.05) is 0 Å². The van der Waals surface area contributed by atoms with Crippen molar-refractivity contribution in [2.45, 2.75) is 12.4 Å². The standard InChI is InChI=1S/C12H8F6N2O3/c13-11(14,15)9(21)19-6-2-1-3-7-8(6)20(4-5-23-7)10(22)12(16,17)18/h1-3H,4-5H2,(H,19,21). The minimum absolute atomic E-state index is 0.227. The van der Waals surface area contributed by atoms with Gasteiger partial charge in [-0.2, -0.15) is 26.3 Å². The van der Waals surface area contributed by atoms with E-state index in [1.807, 2.05) is 0 Å². The van der Waals surface area contributed by atoms with Crippen molar-refractivity contribution in [1.82, 2.24) is 0 Å². The molecule has 23 heavy (non-hydrogen) atoms. The Morgan fingerprint density at radius 1 is 1.09 bits per heavy atom. The maximum atomic E-state index is 12.6. The number of ether oxygens (including phenoxy) is 1. The van der Waals surface area contributed by atoms with E-state index < -0.39 is 42.1 Å². The van der Waals surface area contributed by atoms with Crippen LogP contribution in [0.5, 0.6) is 5.75 Å². The minimum atomic E-state index is -5.24. The number of benzene rings is 1. The Morgan fingerprint density at radius 3 is 2.30 bits per heavy atom. The third-order valence-corrected chi connectivity index (χ3v) is 2.83. The van der Waals surface area contributed by atoms with Crippen molar-refractivity contribution < 1.29 is 40.7 Å². The van der Waals surface area contributed by atoms with Gasteiger partial charge < -0.3 is 10.1 Å². The Hall–Kier alpha value is -2.46. The normalized spacial score (nSPS) is 14.8.